The van der Waals surface area contributed by atoms with E-state index >= 15 is 0 Å². The van der Waals surface area contributed by atoms with E-state index in [1.54, 1.807) is 31.2 Å². The topological polar surface area (TPSA) is 96.5 Å². The van der Waals surface area contributed by atoms with Crippen LogP contribution in [0.4, 0.5) is 9.80 Å². The first-order valence-electron chi connectivity index (χ1n) is 10.3. The van der Waals surface area contributed by atoms with Gasteiger partial charge < -0.3 is 15.4 Å². The van der Waals surface area contributed by atoms with Gasteiger partial charge in [-0.2, -0.15) is 0 Å². The Hall–Kier alpha value is -2.87. The molecule has 3 rings (SSSR count). The smallest absolute Gasteiger partial charge is 0.409 e. The van der Waals surface area contributed by atoms with Crippen LogP contribution in [-0.4, -0.2) is 37.1 Å². The fraction of sp³-hybridized carbons (Fsp3) is 0.409. The Bertz CT molecular complexity index is 911. The SMILES string of the molecule is CCNC(=O)c1c(N[C@H](NC(=O)OCC)C(=O)c2ccccc2)sc2c1CCCC2. The molecule has 0 saturated carbocycles. The molecule has 1 heterocycles. The molecule has 2 amide bonds. The van der Waals surface area contributed by atoms with Gasteiger partial charge in [0, 0.05) is 17.0 Å². The van der Waals surface area contributed by atoms with Crippen LogP contribution in [0, 0.1) is 0 Å². The molecule has 1 aliphatic rings. The Labute approximate surface area is 180 Å². The van der Waals surface area contributed by atoms with Crippen LogP contribution < -0.4 is 16.0 Å². The number of Topliss-reactive ketones (excluding diaryl/α,β-unsaturated/α-hetero) is 1. The number of nitrogens with one attached hydrogen (secondary N) is 3. The van der Waals surface area contributed by atoms with Crippen LogP contribution in [0.15, 0.2) is 30.3 Å². The van der Waals surface area contributed by atoms with Crippen LogP contribution in [0.2, 0.25) is 0 Å². The Balaban J connectivity index is 1.95. The molecule has 7 nitrogen and oxygen atoms in total. The molecule has 0 saturated heterocycles. The van der Waals surface area contributed by atoms with Crippen molar-refractivity contribution in [3.8, 4) is 0 Å². The highest BCUT2D eigenvalue weighted by Gasteiger charge is 2.29. The number of fused-ring (bicyclic) bond motifs is 1. The van der Waals surface area contributed by atoms with Crippen molar-refractivity contribution < 1.29 is 19.1 Å². The summed E-state index contributed by atoms with van der Waals surface area (Å²) in [6.45, 7) is 4.27. The molecule has 8 heteroatoms. The average Bonchev–Trinajstić information content (AvgIpc) is 3.11. The first-order chi connectivity index (χ1) is 14.5. The first kappa shape index (κ1) is 21.8. The second-order valence-electron chi connectivity index (χ2n) is 6.95. The zero-order chi connectivity index (χ0) is 21.5. The summed E-state index contributed by atoms with van der Waals surface area (Å²) in [5, 5.41) is 9.18. The predicted molar refractivity (Wildman–Crippen MR) is 117 cm³/mol. The molecule has 1 aliphatic carbocycles. The molecular weight excluding hydrogens is 402 g/mol. The maximum Gasteiger partial charge on any atom is 0.409 e. The molecule has 30 heavy (non-hydrogen) atoms. The van der Waals surface area contributed by atoms with E-state index in [2.05, 4.69) is 16.0 Å². The number of carbonyl (C=O) groups is 3. The summed E-state index contributed by atoms with van der Waals surface area (Å²) in [6.07, 6.45) is 2.11. The minimum Gasteiger partial charge on any atom is -0.450 e. The van der Waals surface area contributed by atoms with Gasteiger partial charge in [-0.15, -0.1) is 11.3 Å². The molecule has 0 fully saturated rings. The number of ether oxygens (including phenoxy) is 1. The van der Waals surface area contributed by atoms with E-state index in [0.29, 0.717) is 22.7 Å². The molecule has 0 spiro atoms. The van der Waals surface area contributed by atoms with Gasteiger partial charge >= 0.3 is 6.09 Å². The van der Waals surface area contributed by atoms with Crippen molar-refractivity contribution in [2.24, 2.45) is 0 Å². The van der Waals surface area contributed by atoms with Crippen LogP contribution in [0.5, 0.6) is 0 Å². The van der Waals surface area contributed by atoms with Gasteiger partial charge in [-0.1, -0.05) is 30.3 Å². The summed E-state index contributed by atoms with van der Waals surface area (Å²) in [5.74, 6) is -0.474. The van der Waals surface area contributed by atoms with Crippen LogP contribution in [0.1, 0.15) is 57.8 Å². The lowest BCUT2D eigenvalue weighted by Gasteiger charge is -2.20. The molecule has 1 aromatic heterocycles. The largest absolute Gasteiger partial charge is 0.450 e. The van der Waals surface area contributed by atoms with Crippen molar-refractivity contribution in [3.63, 3.8) is 0 Å². The lowest BCUT2D eigenvalue weighted by Crippen LogP contribution is -2.46. The van der Waals surface area contributed by atoms with E-state index in [0.717, 1.165) is 36.1 Å². The molecular formula is C22H27N3O4S. The number of ketones is 1. The number of hydrogen-bond acceptors (Lipinski definition) is 6. The number of alkyl carbamates (subject to hydrolysis) is 1. The Morgan fingerprint density at radius 3 is 2.53 bits per heavy atom. The second kappa shape index (κ2) is 10.2. The molecule has 0 bridgehead atoms. The maximum atomic E-state index is 13.1. The van der Waals surface area contributed by atoms with Crippen LogP contribution in [0.3, 0.4) is 0 Å². The molecule has 0 aliphatic heterocycles. The van der Waals surface area contributed by atoms with E-state index in [1.165, 1.54) is 11.3 Å². The van der Waals surface area contributed by atoms with E-state index in [-0.39, 0.29) is 18.3 Å². The van der Waals surface area contributed by atoms with Crippen molar-refractivity contribution in [2.45, 2.75) is 45.7 Å². The van der Waals surface area contributed by atoms with Gasteiger partial charge in [-0.25, -0.2) is 4.79 Å². The first-order valence-corrected chi connectivity index (χ1v) is 11.1. The minimum absolute atomic E-state index is 0.165. The molecule has 0 radical (unpaired) electrons. The fourth-order valence-electron chi connectivity index (χ4n) is 3.51. The summed E-state index contributed by atoms with van der Waals surface area (Å²) in [5.41, 5.74) is 2.07. The lowest BCUT2D eigenvalue weighted by atomic mass is 9.95. The zero-order valence-corrected chi connectivity index (χ0v) is 18.1. The van der Waals surface area contributed by atoms with Crippen molar-refractivity contribution in [2.75, 3.05) is 18.5 Å². The standard InChI is InChI=1S/C22H27N3O4S/c1-3-23-20(27)17-15-12-8-9-13-16(15)30-21(17)24-19(25-22(28)29-4-2)18(26)14-10-6-5-7-11-14/h5-7,10-11,19,24H,3-4,8-9,12-13H2,1-2H3,(H,23,27)(H,25,28)/t19-/m1/s1. The summed E-state index contributed by atoms with van der Waals surface area (Å²) in [7, 11) is 0. The van der Waals surface area contributed by atoms with Gasteiger partial charge in [-0.3, -0.25) is 14.9 Å². The van der Waals surface area contributed by atoms with Gasteiger partial charge in [0.25, 0.3) is 5.91 Å². The number of amides is 2. The molecule has 0 unspecified atom stereocenters. The monoisotopic (exact) mass is 429 g/mol. The Morgan fingerprint density at radius 1 is 1.10 bits per heavy atom. The number of rotatable bonds is 8. The third kappa shape index (κ3) is 4.99. The van der Waals surface area contributed by atoms with Crippen LogP contribution in [-0.2, 0) is 17.6 Å². The number of aryl methyl sites for hydroxylation is 1. The number of hydrogen-bond donors (Lipinski definition) is 3. The third-order valence-corrected chi connectivity index (χ3v) is 6.09. The second-order valence-corrected chi connectivity index (χ2v) is 8.05. The molecule has 2 aromatic rings. The maximum absolute atomic E-state index is 13.1. The van der Waals surface area contributed by atoms with Crippen molar-refractivity contribution in [1.82, 2.24) is 10.6 Å². The summed E-state index contributed by atoms with van der Waals surface area (Å²) in [4.78, 5) is 39.2. The molecule has 3 N–H and O–H groups in total. The van der Waals surface area contributed by atoms with Gasteiger partial charge in [-0.05, 0) is 45.1 Å². The van der Waals surface area contributed by atoms with E-state index in [4.69, 9.17) is 4.74 Å². The highest BCUT2D eigenvalue weighted by Crippen LogP contribution is 2.38. The minimum atomic E-state index is -1.06. The van der Waals surface area contributed by atoms with Crippen molar-refractivity contribution in [1.29, 1.82) is 0 Å². The number of anilines is 1. The fourth-order valence-corrected chi connectivity index (χ4v) is 4.83. The summed E-state index contributed by atoms with van der Waals surface area (Å²) >= 11 is 1.48. The molecule has 1 aromatic carbocycles. The average molecular weight is 430 g/mol. The highest BCUT2D eigenvalue weighted by molar-refractivity contribution is 7.16. The van der Waals surface area contributed by atoms with E-state index in [9.17, 15) is 14.4 Å². The molecule has 1 atom stereocenters. The van der Waals surface area contributed by atoms with Crippen LogP contribution in [0.25, 0.3) is 0 Å². The van der Waals surface area contributed by atoms with Gasteiger partial charge in [0.1, 0.15) is 5.00 Å². The van der Waals surface area contributed by atoms with E-state index < -0.39 is 12.3 Å². The normalized spacial score (nSPS) is 13.7. The Morgan fingerprint density at radius 2 is 1.83 bits per heavy atom. The van der Waals surface area contributed by atoms with Crippen molar-refractivity contribution >= 4 is 34.1 Å². The number of carbonyl (C=O) groups excluding carboxylic acids is 3. The van der Waals surface area contributed by atoms with Gasteiger partial charge in [0.05, 0.1) is 12.2 Å². The van der Waals surface area contributed by atoms with Crippen LogP contribution >= 0.6 is 11.3 Å². The quantitative estimate of drug-likeness (QED) is 0.439. The van der Waals surface area contributed by atoms with Gasteiger partial charge in [0.15, 0.2) is 6.17 Å². The summed E-state index contributed by atoms with van der Waals surface area (Å²) < 4.78 is 4.98. The third-order valence-electron chi connectivity index (χ3n) is 4.87. The van der Waals surface area contributed by atoms with Gasteiger partial charge in [0.2, 0.25) is 5.78 Å². The van der Waals surface area contributed by atoms with E-state index in [1.807, 2.05) is 13.0 Å². The number of benzene rings is 1. The van der Waals surface area contributed by atoms with Crippen molar-refractivity contribution in [3.05, 3.63) is 51.9 Å². The Kier molecular flexibility index (Phi) is 7.46. The zero-order valence-electron chi connectivity index (χ0n) is 17.2. The number of thiophene rings is 1. The highest BCUT2D eigenvalue weighted by atomic mass is 32.1. The predicted octanol–water partition coefficient (Wildman–Crippen LogP) is 3.74. The lowest BCUT2D eigenvalue weighted by molar-refractivity contribution is 0.0933. The molecule has 160 valence electrons. The summed E-state index contributed by atoms with van der Waals surface area (Å²) in [6, 6.07) is 8.72.